The van der Waals surface area contributed by atoms with Crippen molar-refractivity contribution >= 4 is 29.0 Å². The number of hydrogen-bond acceptors (Lipinski definition) is 7. The Morgan fingerprint density at radius 3 is 2.33 bits per heavy atom. The molecule has 0 fully saturated rings. The number of ketones is 1. The van der Waals surface area contributed by atoms with Crippen molar-refractivity contribution in [2.75, 3.05) is 23.4 Å². The fourth-order valence-corrected chi connectivity index (χ4v) is 3.59. The van der Waals surface area contributed by atoms with Gasteiger partial charge in [-0.3, -0.25) is 23.7 Å². The van der Waals surface area contributed by atoms with E-state index in [-0.39, 0.29) is 5.78 Å². The summed E-state index contributed by atoms with van der Waals surface area (Å²) in [4.78, 5) is 50.8. The lowest BCUT2D eigenvalue weighted by Crippen LogP contribution is -2.44. The summed E-state index contributed by atoms with van der Waals surface area (Å²) in [5.41, 5.74) is 0.178. The van der Waals surface area contributed by atoms with E-state index in [1.807, 2.05) is 36.1 Å². The molecule has 0 unspecified atom stereocenters. The molecule has 170 valence electrons. The lowest BCUT2D eigenvalue weighted by atomic mass is 10.1. The van der Waals surface area contributed by atoms with Gasteiger partial charge in [0.15, 0.2) is 5.78 Å². The van der Waals surface area contributed by atoms with E-state index in [9.17, 15) is 19.2 Å². The van der Waals surface area contributed by atoms with Crippen LogP contribution < -0.4 is 26.1 Å². The Morgan fingerprint density at radius 2 is 1.70 bits per heavy atom. The first kappa shape index (κ1) is 22.0. The van der Waals surface area contributed by atoms with Crippen LogP contribution in [0.15, 0.2) is 58.1 Å². The first-order chi connectivity index (χ1) is 15.9. The van der Waals surface area contributed by atoms with Gasteiger partial charge in [0.25, 0.3) is 0 Å². The number of rotatable bonds is 7. The van der Waals surface area contributed by atoms with Gasteiger partial charge in [0, 0.05) is 30.0 Å². The maximum absolute atomic E-state index is 12.6. The second kappa shape index (κ2) is 9.11. The number of Topliss-reactive ketones (excluding diaryl/α,β-unsaturated/α-hetero) is 1. The molecule has 1 aromatic heterocycles. The maximum atomic E-state index is 12.6. The highest BCUT2D eigenvalue weighted by molar-refractivity contribution is 5.95. The van der Waals surface area contributed by atoms with Crippen LogP contribution in [0.3, 0.4) is 0 Å². The Labute approximate surface area is 189 Å². The molecule has 33 heavy (non-hydrogen) atoms. The molecule has 1 N–H and O–H groups in total. The molecular formula is C23H23N5O5. The van der Waals surface area contributed by atoms with Gasteiger partial charge in [0.05, 0.1) is 6.61 Å². The third kappa shape index (κ3) is 4.54. The lowest BCUT2D eigenvalue weighted by molar-refractivity contribution is -0.117. The highest BCUT2D eigenvalue weighted by Gasteiger charge is 2.26. The molecule has 3 aromatic rings. The van der Waals surface area contributed by atoms with Gasteiger partial charge in [-0.25, -0.2) is 4.68 Å². The summed E-state index contributed by atoms with van der Waals surface area (Å²) in [5.74, 6) is 0.417. The molecule has 0 atom stereocenters. The summed E-state index contributed by atoms with van der Waals surface area (Å²) < 4.78 is 7.65. The van der Waals surface area contributed by atoms with Crippen LogP contribution >= 0.6 is 0 Å². The van der Waals surface area contributed by atoms with Crippen LogP contribution in [0, 0.1) is 0 Å². The largest absolute Gasteiger partial charge is 0.494 e. The van der Waals surface area contributed by atoms with Crippen molar-refractivity contribution in [2.45, 2.75) is 26.9 Å². The predicted octanol–water partition coefficient (Wildman–Crippen LogP) is 1.80. The van der Waals surface area contributed by atoms with Gasteiger partial charge in [0.2, 0.25) is 11.9 Å². The van der Waals surface area contributed by atoms with Crippen molar-refractivity contribution in [1.29, 1.82) is 0 Å². The third-order valence-corrected chi connectivity index (χ3v) is 5.23. The molecule has 0 bridgehead atoms. The first-order valence-corrected chi connectivity index (χ1v) is 10.5. The fraction of sp³-hybridized carbons (Fsp3) is 0.261. The summed E-state index contributed by atoms with van der Waals surface area (Å²) in [7, 11) is 0. The highest BCUT2D eigenvalue weighted by Crippen LogP contribution is 2.28. The van der Waals surface area contributed by atoms with Crippen LogP contribution in [0.4, 0.5) is 17.3 Å². The average molecular weight is 449 g/mol. The zero-order valence-corrected chi connectivity index (χ0v) is 18.3. The summed E-state index contributed by atoms with van der Waals surface area (Å²) in [6, 6.07) is 13.7. The third-order valence-electron chi connectivity index (χ3n) is 5.23. The van der Waals surface area contributed by atoms with E-state index in [0.29, 0.717) is 36.9 Å². The summed E-state index contributed by atoms with van der Waals surface area (Å²) >= 11 is 0. The van der Waals surface area contributed by atoms with Crippen LogP contribution in [-0.2, 0) is 17.9 Å². The molecule has 1 aliphatic rings. The van der Waals surface area contributed by atoms with Crippen LogP contribution in [0.1, 0.15) is 24.2 Å². The maximum Gasteiger partial charge on any atom is 0.333 e. The molecule has 0 aliphatic carbocycles. The highest BCUT2D eigenvalue weighted by atomic mass is 16.5. The monoisotopic (exact) mass is 449 g/mol. The molecule has 1 aliphatic heterocycles. The molecule has 2 heterocycles. The second-order valence-corrected chi connectivity index (χ2v) is 7.48. The van der Waals surface area contributed by atoms with Crippen molar-refractivity contribution in [2.24, 2.45) is 0 Å². The molecule has 0 radical (unpaired) electrons. The zero-order chi connectivity index (χ0) is 23.5. The Morgan fingerprint density at radius 1 is 1.00 bits per heavy atom. The molecule has 10 nitrogen and oxygen atoms in total. The van der Waals surface area contributed by atoms with Gasteiger partial charge >= 0.3 is 11.1 Å². The Bertz CT molecular complexity index is 1310. The Balaban J connectivity index is 1.56. The Kier molecular flexibility index (Phi) is 6.07. The molecule has 0 saturated carbocycles. The number of hydrogen-bond donors (Lipinski definition) is 1. The van der Waals surface area contributed by atoms with Gasteiger partial charge < -0.3 is 15.0 Å². The van der Waals surface area contributed by atoms with E-state index in [2.05, 4.69) is 10.4 Å². The Hall–Kier alpha value is -4.21. The number of carbonyl (C=O) groups excluding carboxylic acids is 2. The number of anilines is 3. The molecule has 2 aromatic carbocycles. The minimum atomic E-state index is -0.866. The molecular weight excluding hydrogens is 426 g/mol. The van der Waals surface area contributed by atoms with Crippen LogP contribution in [0.2, 0.25) is 0 Å². The zero-order valence-electron chi connectivity index (χ0n) is 18.3. The van der Waals surface area contributed by atoms with Gasteiger partial charge in [-0.15, -0.1) is 5.10 Å². The minimum Gasteiger partial charge on any atom is -0.494 e. The predicted molar refractivity (Wildman–Crippen MR) is 122 cm³/mol. The van der Waals surface area contributed by atoms with E-state index in [4.69, 9.17) is 4.74 Å². The van der Waals surface area contributed by atoms with Crippen LogP contribution in [0.5, 0.6) is 5.75 Å². The molecule has 1 amide bonds. The number of fused-ring (bicyclic) bond motifs is 1. The number of nitrogens with zero attached hydrogens (tertiary/aromatic N) is 4. The van der Waals surface area contributed by atoms with Gasteiger partial charge in [-0.05, 0) is 62.4 Å². The van der Waals surface area contributed by atoms with Gasteiger partial charge in [-0.1, -0.05) is 0 Å². The number of nitrogens with one attached hydrogen (secondary N) is 1. The summed E-state index contributed by atoms with van der Waals surface area (Å²) in [6.45, 7) is 4.27. The van der Waals surface area contributed by atoms with Gasteiger partial charge in [0.1, 0.15) is 12.3 Å². The van der Waals surface area contributed by atoms with E-state index < -0.39 is 23.6 Å². The summed E-state index contributed by atoms with van der Waals surface area (Å²) in [6.07, 6.45) is 0. The van der Waals surface area contributed by atoms with E-state index in [1.54, 1.807) is 24.3 Å². The van der Waals surface area contributed by atoms with Crippen molar-refractivity contribution in [3.8, 4) is 5.75 Å². The van der Waals surface area contributed by atoms with Crippen LogP contribution in [-0.4, -0.2) is 39.2 Å². The number of amides is 1. The van der Waals surface area contributed by atoms with Crippen LogP contribution in [0.25, 0.3) is 0 Å². The quantitative estimate of drug-likeness (QED) is 0.432. The number of aromatic nitrogens is 3. The first-order valence-electron chi connectivity index (χ1n) is 10.5. The fourth-order valence-electron chi connectivity index (χ4n) is 3.59. The van der Waals surface area contributed by atoms with Crippen molar-refractivity contribution < 1.29 is 14.3 Å². The summed E-state index contributed by atoms with van der Waals surface area (Å²) in [5, 5.41) is 6.95. The van der Waals surface area contributed by atoms with Gasteiger partial charge in [-0.2, -0.15) is 0 Å². The smallest absolute Gasteiger partial charge is 0.333 e. The number of benzene rings is 2. The van der Waals surface area contributed by atoms with E-state index >= 15 is 0 Å². The minimum absolute atomic E-state index is 0.0840. The number of carbonyl (C=O) groups is 2. The lowest BCUT2D eigenvalue weighted by Gasteiger charge is -2.18. The number of ether oxygens (including phenoxy) is 1. The second-order valence-electron chi connectivity index (χ2n) is 7.48. The molecule has 10 heteroatoms. The van der Waals surface area contributed by atoms with E-state index in [0.717, 1.165) is 16.1 Å². The molecule has 0 saturated heterocycles. The standard InChI is InChI=1S/C23H23N5O5/c1-3-33-19-10-8-18(9-11-19)26-12-13-27-21(31)22(32)28(25-23(26)27)14-20(30)24-17-6-4-16(5-7-17)15(2)29/h4-11H,3,12-14H2,1-2H3,(H,24,30). The van der Waals surface area contributed by atoms with Crippen molar-refractivity contribution in [3.05, 3.63) is 74.8 Å². The SMILES string of the molecule is CCOc1ccc(N2CCn3c2nn(CC(=O)Nc2ccc(C(C)=O)cc2)c(=O)c3=O)cc1. The molecule has 4 rings (SSSR count). The topological polar surface area (TPSA) is 116 Å². The normalized spacial score (nSPS) is 12.4. The van der Waals surface area contributed by atoms with E-state index in [1.165, 1.54) is 11.5 Å². The average Bonchev–Trinajstić information content (AvgIpc) is 3.22. The molecule has 0 spiro atoms. The van der Waals surface area contributed by atoms with Crippen molar-refractivity contribution in [3.63, 3.8) is 0 Å². The van der Waals surface area contributed by atoms with Crippen molar-refractivity contribution in [1.82, 2.24) is 14.3 Å².